The third-order valence-corrected chi connectivity index (χ3v) is 9.33. The van der Waals surface area contributed by atoms with Gasteiger partial charge < -0.3 is 10.6 Å². The molecule has 0 aromatic carbocycles. The molecule has 0 bridgehead atoms. The molecular formula is C30H60N2. The first-order chi connectivity index (χ1) is 15.0. The van der Waals surface area contributed by atoms with Crippen molar-refractivity contribution >= 4 is 0 Å². The Labute approximate surface area is 202 Å². The zero-order chi connectivity index (χ0) is 24.0. The highest BCUT2D eigenvalue weighted by atomic mass is 14.9. The summed E-state index contributed by atoms with van der Waals surface area (Å²) in [5.74, 6) is 8.27. The van der Waals surface area contributed by atoms with Crippen LogP contribution in [0, 0.1) is 59.2 Å². The van der Waals surface area contributed by atoms with Gasteiger partial charge in [-0.25, -0.2) is 0 Å². The smallest absolute Gasteiger partial charge is 0.0129 e. The Morgan fingerprint density at radius 3 is 0.969 bits per heavy atom. The number of unbranched alkanes of at least 4 members (excludes halogenated alkanes) is 1. The maximum Gasteiger partial charge on any atom is 0.0129 e. The summed E-state index contributed by atoms with van der Waals surface area (Å²) in [7, 11) is 0. The first-order valence-corrected chi connectivity index (χ1v) is 14.5. The van der Waals surface area contributed by atoms with E-state index in [-0.39, 0.29) is 0 Å². The molecule has 2 N–H and O–H groups in total. The van der Waals surface area contributed by atoms with Gasteiger partial charge in [0.2, 0.25) is 0 Å². The molecule has 4 unspecified atom stereocenters. The lowest BCUT2D eigenvalue weighted by Gasteiger charge is -2.46. The van der Waals surface area contributed by atoms with E-state index in [1.807, 2.05) is 0 Å². The van der Waals surface area contributed by atoms with Crippen molar-refractivity contribution in [1.82, 2.24) is 10.6 Å². The first-order valence-electron chi connectivity index (χ1n) is 14.5. The van der Waals surface area contributed by atoms with Crippen LogP contribution in [-0.4, -0.2) is 25.2 Å². The van der Waals surface area contributed by atoms with Gasteiger partial charge in [0.1, 0.15) is 0 Å². The van der Waals surface area contributed by atoms with E-state index >= 15 is 0 Å². The standard InChI is InChI=1S/C30H60N2/c1-19(2)25-15-23(9)16-26(20(3)4)29(25)31-13-11-12-14-32-30-27(21(5)6)17-24(10)18-28(30)22(7)8/h19-32H,11-18H2,1-10H3. The van der Waals surface area contributed by atoms with Crippen molar-refractivity contribution in [3.8, 4) is 0 Å². The van der Waals surface area contributed by atoms with E-state index in [9.17, 15) is 0 Å². The van der Waals surface area contributed by atoms with E-state index in [4.69, 9.17) is 0 Å². The molecule has 2 rings (SSSR count). The van der Waals surface area contributed by atoms with Crippen molar-refractivity contribution in [2.24, 2.45) is 59.2 Å². The molecule has 0 aromatic heterocycles. The third-order valence-electron chi connectivity index (χ3n) is 9.33. The minimum absolute atomic E-state index is 0.717. The Hall–Kier alpha value is -0.0800. The molecule has 2 fully saturated rings. The van der Waals surface area contributed by atoms with Crippen molar-refractivity contribution in [3.63, 3.8) is 0 Å². The Morgan fingerprint density at radius 1 is 0.500 bits per heavy atom. The van der Waals surface area contributed by atoms with E-state index in [0.717, 1.165) is 71.3 Å². The SMILES string of the molecule is CC1CC(C(C)C)C(NCCCCNC2C(C(C)C)CC(C)CC2C(C)C)C(C(C)C)C1. The molecular weight excluding hydrogens is 388 g/mol. The monoisotopic (exact) mass is 448 g/mol. The maximum atomic E-state index is 4.08. The largest absolute Gasteiger partial charge is 0.313 e. The van der Waals surface area contributed by atoms with Gasteiger partial charge in [-0.3, -0.25) is 0 Å². The maximum absolute atomic E-state index is 4.08. The van der Waals surface area contributed by atoms with Gasteiger partial charge in [0.15, 0.2) is 0 Å². The zero-order valence-corrected chi connectivity index (χ0v) is 23.6. The van der Waals surface area contributed by atoms with Crippen molar-refractivity contribution in [2.75, 3.05) is 13.1 Å². The summed E-state index contributed by atoms with van der Waals surface area (Å²) in [6, 6.07) is 1.43. The molecule has 2 aliphatic rings. The summed E-state index contributed by atoms with van der Waals surface area (Å²) in [5, 5.41) is 8.15. The fourth-order valence-corrected chi connectivity index (χ4v) is 7.41. The molecule has 2 nitrogen and oxygen atoms in total. The zero-order valence-electron chi connectivity index (χ0n) is 23.6. The molecule has 0 aliphatic heterocycles. The predicted molar refractivity (Wildman–Crippen MR) is 143 cm³/mol. The average Bonchev–Trinajstić information content (AvgIpc) is 2.70. The second kappa shape index (κ2) is 13.1. The summed E-state index contributed by atoms with van der Waals surface area (Å²) in [6.07, 6.45) is 8.24. The van der Waals surface area contributed by atoms with Gasteiger partial charge in [-0.1, -0.05) is 69.2 Å². The van der Waals surface area contributed by atoms with Crippen molar-refractivity contribution in [2.45, 2.75) is 120 Å². The third kappa shape index (κ3) is 7.72. The molecule has 32 heavy (non-hydrogen) atoms. The Balaban J connectivity index is 1.84. The Morgan fingerprint density at radius 2 is 0.750 bits per heavy atom. The summed E-state index contributed by atoms with van der Waals surface area (Å²) < 4.78 is 0. The molecule has 2 heteroatoms. The molecule has 0 heterocycles. The van der Waals surface area contributed by atoms with Crippen LogP contribution in [0.4, 0.5) is 0 Å². The lowest BCUT2D eigenvalue weighted by atomic mass is 9.65. The normalized spacial score (nSPS) is 36.6. The van der Waals surface area contributed by atoms with Crippen LogP contribution in [0.3, 0.4) is 0 Å². The molecule has 0 spiro atoms. The van der Waals surface area contributed by atoms with Gasteiger partial charge in [0.25, 0.3) is 0 Å². The molecule has 0 amide bonds. The van der Waals surface area contributed by atoms with Crippen LogP contribution in [-0.2, 0) is 0 Å². The fraction of sp³-hybridized carbons (Fsp3) is 1.00. The quantitative estimate of drug-likeness (QED) is 0.317. The molecule has 190 valence electrons. The van der Waals surface area contributed by atoms with Gasteiger partial charge in [0, 0.05) is 12.1 Å². The average molecular weight is 449 g/mol. The van der Waals surface area contributed by atoms with Crippen molar-refractivity contribution in [3.05, 3.63) is 0 Å². The fourth-order valence-electron chi connectivity index (χ4n) is 7.41. The van der Waals surface area contributed by atoms with Gasteiger partial charge >= 0.3 is 0 Å². The highest BCUT2D eigenvalue weighted by Crippen LogP contribution is 2.41. The van der Waals surface area contributed by atoms with Crippen LogP contribution < -0.4 is 10.6 Å². The van der Waals surface area contributed by atoms with Crippen LogP contribution >= 0.6 is 0 Å². The van der Waals surface area contributed by atoms with E-state index in [1.54, 1.807) is 0 Å². The molecule has 4 atom stereocenters. The number of hydrogen-bond donors (Lipinski definition) is 2. The topological polar surface area (TPSA) is 24.1 Å². The van der Waals surface area contributed by atoms with Crippen LogP contribution in [0.1, 0.15) is 108 Å². The van der Waals surface area contributed by atoms with Crippen molar-refractivity contribution < 1.29 is 0 Å². The van der Waals surface area contributed by atoms with E-state index < -0.39 is 0 Å². The van der Waals surface area contributed by atoms with Gasteiger partial charge in [0.05, 0.1) is 0 Å². The van der Waals surface area contributed by atoms with Crippen LogP contribution in [0.2, 0.25) is 0 Å². The number of rotatable bonds is 11. The lowest BCUT2D eigenvalue weighted by Crippen LogP contribution is -2.51. The number of hydrogen-bond acceptors (Lipinski definition) is 2. The minimum Gasteiger partial charge on any atom is -0.313 e. The summed E-state index contributed by atoms with van der Waals surface area (Å²) in [5.41, 5.74) is 0. The molecule has 0 radical (unpaired) electrons. The minimum atomic E-state index is 0.717. The highest BCUT2D eigenvalue weighted by molar-refractivity contribution is 4.93. The van der Waals surface area contributed by atoms with Gasteiger partial charge in [-0.15, -0.1) is 0 Å². The predicted octanol–water partition coefficient (Wildman–Crippen LogP) is 7.63. The van der Waals surface area contributed by atoms with Crippen LogP contribution in [0.15, 0.2) is 0 Å². The molecule has 2 saturated carbocycles. The second-order valence-electron chi connectivity index (χ2n) is 13.5. The van der Waals surface area contributed by atoms with Gasteiger partial charge in [-0.05, 0) is 111 Å². The lowest BCUT2D eigenvalue weighted by molar-refractivity contribution is 0.0783. The van der Waals surface area contributed by atoms with Crippen LogP contribution in [0.5, 0.6) is 0 Å². The first kappa shape index (κ1) is 28.2. The Kier molecular flexibility index (Phi) is 11.6. The highest BCUT2D eigenvalue weighted by Gasteiger charge is 2.39. The van der Waals surface area contributed by atoms with Crippen LogP contribution in [0.25, 0.3) is 0 Å². The van der Waals surface area contributed by atoms with E-state index in [2.05, 4.69) is 79.9 Å². The van der Waals surface area contributed by atoms with Crippen molar-refractivity contribution in [1.29, 1.82) is 0 Å². The Bertz CT molecular complexity index is 429. The number of nitrogens with one attached hydrogen (secondary N) is 2. The summed E-state index contributed by atoms with van der Waals surface area (Å²) in [4.78, 5) is 0. The molecule has 2 aliphatic carbocycles. The summed E-state index contributed by atoms with van der Waals surface area (Å²) in [6.45, 7) is 26.9. The summed E-state index contributed by atoms with van der Waals surface area (Å²) >= 11 is 0. The molecule has 0 aromatic rings. The van der Waals surface area contributed by atoms with E-state index in [0.29, 0.717) is 0 Å². The molecule has 0 saturated heterocycles. The van der Waals surface area contributed by atoms with E-state index in [1.165, 1.54) is 51.6 Å². The second-order valence-corrected chi connectivity index (χ2v) is 13.5. The van der Waals surface area contributed by atoms with Gasteiger partial charge in [-0.2, -0.15) is 0 Å².